The Morgan fingerprint density at radius 1 is 1.00 bits per heavy atom. The average molecular weight is 309 g/mol. The highest BCUT2D eigenvalue weighted by Crippen LogP contribution is 2.50. The normalized spacial score (nSPS) is 22.3. The number of carbonyl (C=O) groups is 1. The third-order valence-corrected chi connectivity index (χ3v) is 5.09. The fraction of sp³-hybridized carbons (Fsp3) is 0.316. The lowest BCUT2D eigenvalue weighted by molar-refractivity contribution is -0.140. The van der Waals surface area contributed by atoms with Crippen molar-refractivity contribution in [2.24, 2.45) is 0 Å². The summed E-state index contributed by atoms with van der Waals surface area (Å²) in [6, 6.07) is 13.4. The number of amides is 1. The van der Waals surface area contributed by atoms with Gasteiger partial charge in [0.25, 0.3) is 0 Å². The van der Waals surface area contributed by atoms with Crippen LogP contribution in [-0.4, -0.2) is 27.6 Å². The molecule has 0 radical (unpaired) electrons. The van der Waals surface area contributed by atoms with Crippen LogP contribution in [0.5, 0.6) is 11.5 Å². The van der Waals surface area contributed by atoms with E-state index in [2.05, 4.69) is 12.1 Å². The van der Waals surface area contributed by atoms with Crippen molar-refractivity contribution in [1.82, 2.24) is 4.90 Å². The van der Waals surface area contributed by atoms with Crippen LogP contribution in [0.3, 0.4) is 0 Å². The van der Waals surface area contributed by atoms with Crippen molar-refractivity contribution < 1.29 is 15.0 Å². The summed E-state index contributed by atoms with van der Waals surface area (Å²) in [5, 5.41) is 19.5. The first-order valence-electron chi connectivity index (χ1n) is 8.05. The molecule has 0 aromatic heterocycles. The second-order valence-corrected chi connectivity index (χ2v) is 6.38. The van der Waals surface area contributed by atoms with E-state index < -0.39 is 0 Å². The van der Waals surface area contributed by atoms with Gasteiger partial charge < -0.3 is 15.1 Å². The number of phenols is 2. The number of hydrogen-bond donors (Lipinski definition) is 2. The minimum absolute atomic E-state index is 0.0118. The number of nitrogens with zero attached hydrogens (tertiary/aromatic N) is 1. The SMILES string of the molecule is O=C1[C@@H]2CC[C@@H](c3cc(O)c(O)cc32)N1CCc1ccccc1. The first-order valence-corrected chi connectivity index (χ1v) is 8.05. The molecule has 2 heterocycles. The zero-order valence-electron chi connectivity index (χ0n) is 12.8. The highest BCUT2D eigenvalue weighted by molar-refractivity contribution is 5.88. The second-order valence-electron chi connectivity index (χ2n) is 6.38. The summed E-state index contributed by atoms with van der Waals surface area (Å²) in [6.45, 7) is 0.686. The lowest BCUT2D eigenvalue weighted by atomic mass is 9.74. The van der Waals surface area contributed by atoms with Crippen LogP contribution in [0, 0.1) is 0 Å². The molecule has 1 fully saturated rings. The molecule has 2 aliphatic heterocycles. The molecule has 2 aromatic carbocycles. The molecule has 1 amide bonds. The zero-order valence-corrected chi connectivity index (χ0v) is 12.8. The van der Waals surface area contributed by atoms with Crippen molar-refractivity contribution >= 4 is 5.91 Å². The quantitative estimate of drug-likeness (QED) is 0.857. The molecule has 0 unspecified atom stereocenters. The molecule has 2 atom stereocenters. The monoisotopic (exact) mass is 309 g/mol. The van der Waals surface area contributed by atoms with Crippen molar-refractivity contribution in [3.63, 3.8) is 0 Å². The number of hydrogen-bond acceptors (Lipinski definition) is 3. The number of aromatic hydroxyl groups is 2. The summed E-state index contributed by atoms with van der Waals surface area (Å²) in [6.07, 6.45) is 2.57. The maximum Gasteiger partial charge on any atom is 0.230 e. The predicted octanol–water partition coefficient (Wildman–Crippen LogP) is 3.10. The Labute approximate surface area is 135 Å². The van der Waals surface area contributed by atoms with E-state index in [9.17, 15) is 15.0 Å². The van der Waals surface area contributed by atoms with Gasteiger partial charge >= 0.3 is 0 Å². The van der Waals surface area contributed by atoms with Crippen molar-refractivity contribution in [1.29, 1.82) is 0 Å². The number of carbonyl (C=O) groups excluding carboxylic acids is 1. The summed E-state index contributed by atoms with van der Waals surface area (Å²) < 4.78 is 0. The molecule has 2 aromatic rings. The number of benzene rings is 2. The average Bonchev–Trinajstić information content (AvgIpc) is 2.56. The van der Waals surface area contributed by atoms with E-state index in [1.165, 1.54) is 5.56 Å². The molecule has 5 rings (SSSR count). The van der Waals surface area contributed by atoms with Gasteiger partial charge in [-0.3, -0.25) is 4.79 Å². The Hall–Kier alpha value is -2.49. The molecule has 0 spiro atoms. The third kappa shape index (κ3) is 2.25. The first-order chi connectivity index (χ1) is 11.1. The van der Waals surface area contributed by atoms with E-state index in [-0.39, 0.29) is 29.4 Å². The first kappa shape index (κ1) is 14.1. The summed E-state index contributed by atoms with van der Waals surface area (Å²) in [5.74, 6) is -0.279. The van der Waals surface area contributed by atoms with Gasteiger partial charge in [-0.25, -0.2) is 0 Å². The number of rotatable bonds is 3. The van der Waals surface area contributed by atoms with Crippen LogP contribution in [0.15, 0.2) is 42.5 Å². The lowest BCUT2D eigenvalue weighted by Gasteiger charge is -2.46. The molecule has 1 saturated heterocycles. The number of fused-ring (bicyclic) bond motifs is 2. The number of piperidine rings is 1. The summed E-state index contributed by atoms with van der Waals surface area (Å²) in [5.41, 5.74) is 3.09. The fourth-order valence-electron chi connectivity index (χ4n) is 3.93. The topological polar surface area (TPSA) is 60.8 Å². The van der Waals surface area contributed by atoms with Crippen LogP contribution in [0.4, 0.5) is 0 Å². The Bertz CT molecular complexity index is 757. The number of phenolic OH excluding ortho intramolecular Hbond substituents is 2. The standard InChI is InChI=1S/C19H19NO3/c21-17-10-14-13-6-7-16(15(14)11-18(17)22)20(19(13)23)9-8-12-4-2-1-3-5-12/h1-5,10-11,13,16,21-22H,6-9H2/t13-,16+/m1/s1. The summed E-state index contributed by atoms with van der Waals surface area (Å²) >= 11 is 0. The fourth-order valence-corrected chi connectivity index (χ4v) is 3.93. The van der Waals surface area contributed by atoms with Gasteiger partial charge in [-0.2, -0.15) is 0 Å². The van der Waals surface area contributed by atoms with Crippen LogP contribution in [-0.2, 0) is 11.2 Å². The highest BCUT2D eigenvalue weighted by Gasteiger charge is 2.44. The van der Waals surface area contributed by atoms with Gasteiger partial charge in [-0.05, 0) is 48.1 Å². The molecule has 2 N–H and O–H groups in total. The van der Waals surface area contributed by atoms with Crippen molar-refractivity contribution in [3.8, 4) is 11.5 Å². The van der Waals surface area contributed by atoms with Crippen molar-refractivity contribution in [3.05, 3.63) is 59.2 Å². The third-order valence-electron chi connectivity index (χ3n) is 5.09. The van der Waals surface area contributed by atoms with Gasteiger partial charge in [0, 0.05) is 6.54 Å². The van der Waals surface area contributed by atoms with E-state index >= 15 is 0 Å². The molecular formula is C19H19NO3. The molecule has 3 aliphatic rings. The molecule has 1 aliphatic carbocycles. The maximum atomic E-state index is 12.7. The van der Waals surface area contributed by atoms with E-state index in [0.717, 1.165) is 30.4 Å². The molecule has 23 heavy (non-hydrogen) atoms. The Kier molecular flexibility index (Phi) is 3.26. The van der Waals surface area contributed by atoms with E-state index in [4.69, 9.17) is 0 Å². The van der Waals surface area contributed by atoms with E-state index in [1.54, 1.807) is 12.1 Å². The molecule has 2 bridgehead atoms. The van der Waals surface area contributed by atoms with Crippen molar-refractivity contribution in [2.45, 2.75) is 31.2 Å². The van der Waals surface area contributed by atoms with Crippen LogP contribution < -0.4 is 0 Å². The second kappa shape index (κ2) is 5.30. The van der Waals surface area contributed by atoms with Crippen LogP contribution in [0.2, 0.25) is 0 Å². The molecular weight excluding hydrogens is 290 g/mol. The minimum atomic E-state index is -0.183. The van der Waals surface area contributed by atoms with Crippen LogP contribution in [0.25, 0.3) is 0 Å². The Morgan fingerprint density at radius 2 is 1.70 bits per heavy atom. The summed E-state index contributed by atoms with van der Waals surface area (Å²) in [4.78, 5) is 14.7. The van der Waals surface area contributed by atoms with Gasteiger partial charge in [0.2, 0.25) is 5.91 Å². The van der Waals surface area contributed by atoms with Gasteiger partial charge in [0.05, 0.1) is 12.0 Å². The van der Waals surface area contributed by atoms with Gasteiger partial charge in [-0.15, -0.1) is 0 Å². The maximum absolute atomic E-state index is 12.7. The van der Waals surface area contributed by atoms with E-state index in [0.29, 0.717) is 6.54 Å². The van der Waals surface area contributed by atoms with Crippen LogP contribution >= 0.6 is 0 Å². The molecule has 4 nitrogen and oxygen atoms in total. The van der Waals surface area contributed by atoms with Gasteiger partial charge in [0.1, 0.15) is 0 Å². The smallest absolute Gasteiger partial charge is 0.230 e. The molecule has 118 valence electrons. The lowest BCUT2D eigenvalue weighted by Crippen LogP contribution is -2.47. The predicted molar refractivity (Wildman–Crippen MR) is 86.3 cm³/mol. The van der Waals surface area contributed by atoms with Crippen molar-refractivity contribution in [2.75, 3.05) is 6.54 Å². The minimum Gasteiger partial charge on any atom is -0.504 e. The van der Waals surface area contributed by atoms with Gasteiger partial charge in [-0.1, -0.05) is 30.3 Å². The summed E-state index contributed by atoms with van der Waals surface area (Å²) in [7, 11) is 0. The van der Waals surface area contributed by atoms with E-state index in [1.807, 2.05) is 23.1 Å². The Balaban J connectivity index is 1.63. The highest BCUT2D eigenvalue weighted by atomic mass is 16.3. The zero-order chi connectivity index (χ0) is 16.0. The van der Waals surface area contributed by atoms with Gasteiger partial charge in [0.15, 0.2) is 11.5 Å². The molecule has 4 heteroatoms. The Morgan fingerprint density at radius 3 is 2.43 bits per heavy atom. The molecule has 0 saturated carbocycles. The largest absolute Gasteiger partial charge is 0.504 e. The van der Waals surface area contributed by atoms with Crippen LogP contribution in [0.1, 0.15) is 41.5 Å².